The number of para-hydroxylation sites is 1. The highest BCUT2D eigenvalue weighted by atomic mass is 35.5. The molecule has 0 amide bonds. The fourth-order valence-corrected chi connectivity index (χ4v) is 1.76. The molecule has 0 radical (unpaired) electrons. The van der Waals surface area contributed by atoms with Gasteiger partial charge in [-0.15, -0.1) is 0 Å². The maximum absolute atomic E-state index is 9.93. The van der Waals surface area contributed by atoms with Gasteiger partial charge in [0.15, 0.2) is 0 Å². The highest BCUT2D eigenvalue weighted by molar-refractivity contribution is 6.32. The van der Waals surface area contributed by atoms with Crippen molar-refractivity contribution in [1.29, 1.82) is 0 Å². The van der Waals surface area contributed by atoms with E-state index in [1.54, 1.807) is 25.2 Å². The minimum atomic E-state index is -1.03. The molecule has 2 atom stereocenters. The monoisotopic (exact) mass is 245 g/mol. The molecule has 1 aromatic carbocycles. The summed E-state index contributed by atoms with van der Waals surface area (Å²) < 4.78 is 5.10. The highest BCUT2D eigenvalue weighted by Gasteiger charge is 2.22. The van der Waals surface area contributed by atoms with Crippen LogP contribution in [0.25, 0.3) is 0 Å². The third-order valence-corrected chi connectivity index (χ3v) is 2.60. The van der Waals surface area contributed by atoms with E-state index in [4.69, 9.17) is 16.3 Å². The van der Waals surface area contributed by atoms with Crippen LogP contribution in [-0.2, 0) is 0 Å². The van der Waals surface area contributed by atoms with Gasteiger partial charge >= 0.3 is 0 Å². The number of hydrogen-bond acceptors (Lipinski definition) is 4. The molecule has 0 saturated carbocycles. The molecule has 0 aromatic heterocycles. The van der Waals surface area contributed by atoms with Gasteiger partial charge in [0.2, 0.25) is 0 Å². The van der Waals surface area contributed by atoms with E-state index in [-0.39, 0.29) is 6.54 Å². The fraction of sp³-hybridized carbons (Fsp3) is 0.455. The molecule has 2 unspecified atom stereocenters. The lowest BCUT2D eigenvalue weighted by Crippen LogP contribution is -2.29. The molecule has 3 N–H and O–H groups in total. The number of aliphatic hydroxyl groups is 2. The van der Waals surface area contributed by atoms with Gasteiger partial charge in [-0.1, -0.05) is 23.7 Å². The molecule has 4 nitrogen and oxygen atoms in total. The summed E-state index contributed by atoms with van der Waals surface area (Å²) in [6, 6.07) is 5.05. The number of nitrogens with one attached hydrogen (secondary N) is 1. The van der Waals surface area contributed by atoms with Gasteiger partial charge in [0, 0.05) is 12.1 Å². The topological polar surface area (TPSA) is 61.7 Å². The third-order valence-electron chi connectivity index (χ3n) is 2.30. The molecule has 1 rings (SSSR count). The zero-order valence-electron chi connectivity index (χ0n) is 9.27. The van der Waals surface area contributed by atoms with Gasteiger partial charge in [-0.25, -0.2) is 0 Å². The number of methoxy groups -OCH3 is 1. The Morgan fingerprint density at radius 3 is 2.69 bits per heavy atom. The Morgan fingerprint density at radius 1 is 1.44 bits per heavy atom. The standard InChI is InChI=1S/C11H16ClNO3/c1-13-6-9(14)10(15)7-4-3-5-8(12)11(7)16-2/h3-5,9-10,13-15H,6H2,1-2H3. The van der Waals surface area contributed by atoms with Crippen molar-refractivity contribution >= 4 is 11.6 Å². The Hall–Kier alpha value is -0.810. The molecule has 0 bridgehead atoms. The number of likely N-dealkylation sites (N-methyl/N-ethyl adjacent to an activating group) is 1. The van der Waals surface area contributed by atoms with Crippen LogP contribution in [0.15, 0.2) is 18.2 Å². The first-order chi connectivity index (χ1) is 7.61. The van der Waals surface area contributed by atoms with Crippen molar-refractivity contribution in [3.63, 3.8) is 0 Å². The van der Waals surface area contributed by atoms with E-state index in [1.807, 2.05) is 0 Å². The fourth-order valence-electron chi connectivity index (χ4n) is 1.50. The van der Waals surface area contributed by atoms with Crippen molar-refractivity contribution < 1.29 is 14.9 Å². The lowest BCUT2D eigenvalue weighted by atomic mass is 10.0. The quantitative estimate of drug-likeness (QED) is 0.723. The Kier molecular flexibility index (Phi) is 5.02. The summed E-state index contributed by atoms with van der Waals surface area (Å²) >= 11 is 5.92. The van der Waals surface area contributed by atoms with Crippen LogP contribution in [0.5, 0.6) is 5.75 Å². The second kappa shape index (κ2) is 6.06. The second-order valence-corrected chi connectivity index (χ2v) is 3.84. The summed E-state index contributed by atoms with van der Waals surface area (Å²) in [4.78, 5) is 0. The summed E-state index contributed by atoms with van der Waals surface area (Å²) in [6.45, 7) is 0.289. The summed E-state index contributed by atoms with van der Waals surface area (Å²) in [5, 5.41) is 22.8. The third kappa shape index (κ3) is 2.86. The molecule has 0 aliphatic heterocycles. The van der Waals surface area contributed by atoms with Crippen molar-refractivity contribution in [2.45, 2.75) is 12.2 Å². The van der Waals surface area contributed by atoms with Crippen LogP contribution in [0.3, 0.4) is 0 Å². The molecule has 0 saturated heterocycles. The van der Waals surface area contributed by atoms with Crippen LogP contribution in [0.4, 0.5) is 0 Å². The Labute approximate surface area is 99.8 Å². The first-order valence-electron chi connectivity index (χ1n) is 4.95. The first-order valence-corrected chi connectivity index (χ1v) is 5.32. The number of aliphatic hydroxyl groups excluding tert-OH is 2. The zero-order valence-corrected chi connectivity index (χ0v) is 10.0. The first kappa shape index (κ1) is 13.3. The van der Waals surface area contributed by atoms with Crippen molar-refractivity contribution in [2.24, 2.45) is 0 Å². The summed E-state index contributed by atoms with van der Waals surface area (Å²) in [5.41, 5.74) is 0.484. The molecule has 0 aliphatic rings. The van der Waals surface area contributed by atoms with Gasteiger partial charge in [-0.2, -0.15) is 0 Å². The predicted octanol–water partition coefficient (Wildman–Crippen LogP) is 0.962. The summed E-state index contributed by atoms with van der Waals surface area (Å²) in [6.07, 6.45) is -1.93. The largest absolute Gasteiger partial charge is 0.495 e. The smallest absolute Gasteiger partial charge is 0.143 e. The molecular formula is C11H16ClNO3. The van der Waals surface area contributed by atoms with E-state index in [2.05, 4.69) is 5.32 Å². The SMILES string of the molecule is CNCC(O)C(O)c1cccc(Cl)c1OC. The molecule has 0 fully saturated rings. The molecule has 0 aliphatic carbocycles. The van der Waals surface area contributed by atoms with Gasteiger partial charge in [-0.3, -0.25) is 0 Å². The van der Waals surface area contributed by atoms with Crippen LogP contribution in [-0.4, -0.2) is 37.0 Å². The van der Waals surface area contributed by atoms with Crippen molar-refractivity contribution in [2.75, 3.05) is 20.7 Å². The normalized spacial score (nSPS) is 14.6. The zero-order chi connectivity index (χ0) is 12.1. The van der Waals surface area contributed by atoms with Crippen LogP contribution < -0.4 is 10.1 Å². The number of ether oxygens (including phenoxy) is 1. The molecule has 5 heteroatoms. The number of halogens is 1. The summed E-state index contributed by atoms with van der Waals surface area (Å²) in [7, 11) is 3.17. The number of hydrogen-bond donors (Lipinski definition) is 3. The van der Waals surface area contributed by atoms with Gasteiger partial charge in [0.1, 0.15) is 11.9 Å². The van der Waals surface area contributed by atoms with E-state index in [9.17, 15) is 10.2 Å². The van der Waals surface area contributed by atoms with Crippen molar-refractivity contribution in [1.82, 2.24) is 5.32 Å². The van der Waals surface area contributed by atoms with E-state index >= 15 is 0 Å². The molecular weight excluding hydrogens is 230 g/mol. The van der Waals surface area contributed by atoms with Gasteiger partial charge in [-0.05, 0) is 13.1 Å². The van der Waals surface area contributed by atoms with E-state index < -0.39 is 12.2 Å². The lowest BCUT2D eigenvalue weighted by Gasteiger charge is -2.20. The van der Waals surface area contributed by atoms with Gasteiger partial charge in [0.25, 0.3) is 0 Å². The van der Waals surface area contributed by atoms with E-state index in [0.717, 1.165) is 0 Å². The van der Waals surface area contributed by atoms with Crippen LogP contribution in [0, 0.1) is 0 Å². The molecule has 0 spiro atoms. The maximum Gasteiger partial charge on any atom is 0.143 e. The average molecular weight is 246 g/mol. The molecule has 16 heavy (non-hydrogen) atoms. The number of benzene rings is 1. The Balaban J connectivity index is 2.98. The van der Waals surface area contributed by atoms with E-state index in [0.29, 0.717) is 16.3 Å². The van der Waals surface area contributed by atoms with Crippen LogP contribution >= 0.6 is 11.6 Å². The Morgan fingerprint density at radius 2 is 2.12 bits per heavy atom. The van der Waals surface area contributed by atoms with Gasteiger partial charge < -0.3 is 20.3 Å². The molecule has 90 valence electrons. The predicted molar refractivity (Wildman–Crippen MR) is 62.9 cm³/mol. The lowest BCUT2D eigenvalue weighted by molar-refractivity contribution is 0.0189. The Bertz CT molecular complexity index is 346. The summed E-state index contributed by atoms with van der Waals surface area (Å²) in [5.74, 6) is 0.395. The average Bonchev–Trinajstić information content (AvgIpc) is 2.28. The minimum Gasteiger partial charge on any atom is -0.495 e. The van der Waals surface area contributed by atoms with Crippen molar-refractivity contribution in [3.05, 3.63) is 28.8 Å². The van der Waals surface area contributed by atoms with Gasteiger partial charge in [0.05, 0.1) is 18.2 Å². The molecule has 1 aromatic rings. The van der Waals surface area contributed by atoms with Crippen molar-refractivity contribution in [3.8, 4) is 5.75 Å². The molecule has 0 heterocycles. The second-order valence-electron chi connectivity index (χ2n) is 3.43. The highest BCUT2D eigenvalue weighted by Crippen LogP contribution is 2.33. The minimum absolute atomic E-state index is 0.289. The number of rotatable bonds is 5. The van der Waals surface area contributed by atoms with Crippen LogP contribution in [0.2, 0.25) is 5.02 Å². The van der Waals surface area contributed by atoms with E-state index in [1.165, 1.54) is 7.11 Å². The van der Waals surface area contributed by atoms with Crippen LogP contribution in [0.1, 0.15) is 11.7 Å². The maximum atomic E-state index is 9.93.